The molecular formula is C19H20BrNO3. The Labute approximate surface area is 149 Å². The number of amides is 1. The molecule has 0 unspecified atom stereocenters. The van der Waals surface area contributed by atoms with Crippen molar-refractivity contribution in [2.75, 3.05) is 13.1 Å². The van der Waals surface area contributed by atoms with E-state index in [0.29, 0.717) is 18.7 Å². The summed E-state index contributed by atoms with van der Waals surface area (Å²) in [5.41, 5.74) is 1.23. The minimum atomic E-state index is -0.497. The predicted molar refractivity (Wildman–Crippen MR) is 95.8 cm³/mol. The fourth-order valence-electron chi connectivity index (χ4n) is 3.19. The molecule has 0 aromatic heterocycles. The average molecular weight is 390 g/mol. The predicted octanol–water partition coefficient (Wildman–Crippen LogP) is 3.74. The van der Waals surface area contributed by atoms with Gasteiger partial charge in [0.15, 0.2) is 0 Å². The molecule has 2 aromatic rings. The topological polar surface area (TPSA) is 60.8 Å². The van der Waals surface area contributed by atoms with Gasteiger partial charge in [0, 0.05) is 17.6 Å². The van der Waals surface area contributed by atoms with Crippen molar-refractivity contribution in [3.8, 4) is 5.75 Å². The first-order valence-electron chi connectivity index (χ1n) is 8.07. The Hall–Kier alpha value is -1.85. The van der Waals surface area contributed by atoms with Crippen LogP contribution in [-0.2, 0) is 0 Å². The summed E-state index contributed by atoms with van der Waals surface area (Å²) >= 11 is 3.33. The minimum absolute atomic E-state index is 0.00496. The van der Waals surface area contributed by atoms with Crippen molar-refractivity contribution < 1.29 is 15.0 Å². The highest BCUT2D eigenvalue weighted by Gasteiger charge is 2.29. The van der Waals surface area contributed by atoms with E-state index in [1.54, 1.807) is 17.0 Å². The van der Waals surface area contributed by atoms with E-state index in [0.717, 1.165) is 22.9 Å². The van der Waals surface area contributed by atoms with Crippen molar-refractivity contribution in [2.45, 2.75) is 18.9 Å². The summed E-state index contributed by atoms with van der Waals surface area (Å²) in [4.78, 5) is 14.3. The molecule has 1 saturated heterocycles. The third-order valence-electron chi connectivity index (χ3n) is 4.60. The molecule has 5 heteroatoms. The standard InChI is InChI=1S/C19H20BrNO3/c20-15-6-7-17(22)16(12-15)19(24)21-10-8-14(9-11-21)18(23)13-4-2-1-3-5-13/h1-7,12,14,18,22-23H,8-11H2/t18-/m1/s1. The van der Waals surface area contributed by atoms with Crippen molar-refractivity contribution in [3.63, 3.8) is 0 Å². The van der Waals surface area contributed by atoms with Crippen LogP contribution in [0.5, 0.6) is 5.75 Å². The fraction of sp³-hybridized carbons (Fsp3) is 0.316. The second-order valence-corrected chi connectivity index (χ2v) is 7.06. The van der Waals surface area contributed by atoms with E-state index in [1.807, 2.05) is 30.3 Å². The molecule has 0 spiro atoms. The number of aliphatic hydroxyl groups excluding tert-OH is 1. The van der Waals surface area contributed by atoms with Crippen LogP contribution in [0.4, 0.5) is 0 Å². The Kier molecular flexibility index (Phi) is 5.21. The summed E-state index contributed by atoms with van der Waals surface area (Å²) in [6.45, 7) is 1.17. The van der Waals surface area contributed by atoms with Gasteiger partial charge in [-0.05, 0) is 42.5 Å². The quantitative estimate of drug-likeness (QED) is 0.840. The molecular weight excluding hydrogens is 370 g/mol. The molecule has 1 fully saturated rings. The van der Waals surface area contributed by atoms with Crippen molar-refractivity contribution >= 4 is 21.8 Å². The van der Waals surface area contributed by atoms with E-state index in [9.17, 15) is 15.0 Å². The van der Waals surface area contributed by atoms with E-state index < -0.39 is 6.10 Å². The van der Waals surface area contributed by atoms with Crippen LogP contribution < -0.4 is 0 Å². The van der Waals surface area contributed by atoms with Crippen LogP contribution in [0.3, 0.4) is 0 Å². The molecule has 126 valence electrons. The summed E-state index contributed by atoms with van der Waals surface area (Å²) < 4.78 is 0.762. The number of hydrogen-bond donors (Lipinski definition) is 2. The summed E-state index contributed by atoms with van der Waals surface area (Å²) in [5.74, 6) is -0.0244. The van der Waals surface area contributed by atoms with Crippen LogP contribution in [0.2, 0.25) is 0 Å². The van der Waals surface area contributed by atoms with Gasteiger partial charge in [0.2, 0.25) is 0 Å². The van der Waals surface area contributed by atoms with Crippen LogP contribution in [0, 0.1) is 5.92 Å². The van der Waals surface area contributed by atoms with Gasteiger partial charge in [-0.1, -0.05) is 46.3 Å². The maximum atomic E-state index is 12.6. The van der Waals surface area contributed by atoms with Crippen LogP contribution in [-0.4, -0.2) is 34.1 Å². The molecule has 1 aliphatic heterocycles. The maximum absolute atomic E-state index is 12.6. The smallest absolute Gasteiger partial charge is 0.257 e. The first kappa shape index (κ1) is 17.0. The first-order valence-corrected chi connectivity index (χ1v) is 8.86. The molecule has 2 aromatic carbocycles. The summed E-state index contributed by atoms with van der Waals surface area (Å²) in [5, 5.41) is 20.4. The lowest BCUT2D eigenvalue weighted by atomic mass is 9.87. The van der Waals surface area contributed by atoms with E-state index in [-0.39, 0.29) is 17.6 Å². The number of rotatable bonds is 3. The second kappa shape index (κ2) is 7.36. The van der Waals surface area contributed by atoms with Crippen LogP contribution >= 0.6 is 15.9 Å². The van der Waals surface area contributed by atoms with E-state index >= 15 is 0 Å². The molecule has 1 atom stereocenters. The SMILES string of the molecule is O=C(c1cc(Br)ccc1O)N1CCC([C@H](O)c2ccccc2)CC1. The molecule has 0 radical (unpaired) electrons. The van der Waals surface area contributed by atoms with Crippen molar-refractivity contribution in [1.29, 1.82) is 0 Å². The molecule has 1 amide bonds. The Morgan fingerprint density at radius 1 is 1.12 bits per heavy atom. The van der Waals surface area contributed by atoms with Crippen molar-refractivity contribution in [3.05, 3.63) is 64.1 Å². The zero-order valence-electron chi connectivity index (χ0n) is 13.2. The summed E-state index contributed by atoms with van der Waals surface area (Å²) in [6.07, 6.45) is 0.996. The number of benzene rings is 2. The number of hydrogen-bond acceptors (Lipinski definition) is 3. The van der Waals surface area contributed by atoms with Crippen LogP contribution in [0.25, 0.3) is 0 Å². The van der Waals surface area contributed by atoms with Gasteiger partial charge in [-0.3, -0.25) is 4.79 Å². The van der Waals surface area contributed by atoms with E-state index in [2.05, 4.69) is 15.9 Å². The number of likely N-dealkylation sites (tertiary alicyclic amines) is 1. The Balaban J connectivity index is 1.64. The fourth-order valence-corrected chi connectivity index (χ4v) is 3.55. The number of piperidine rings is 1. The van der Waals surface area contributed by atoms with Gasteiger partial charge in [-0.15, -0.1) is 0 Å². The van der Waals surface area contributed by atoms with Gasteiger partial charge < -0.3 is 15.1 Å². The minimum Gasteiger partial charge on any atom is -0.507 e. The lowest BCUT2D eigenvalue weighted by Crippen LogP contribution is -2.39. The maximum Gasteiger partial charge on any atom is 0.257 e. The average Bonchev–Trinajstić information content (AvgIpc) is 2.63. The monoisotopic (exact) mass is 389 g/mol. The first-order chi connectivity index (χ1) is 11.6. The van der Waals surface area contributed by atoms with Crippen molar-refractivity contribution in [2.24, 2.45) is 5.92 Å². The third-order valence-corrected chi connectivity index (χ3v) is 5.10. The molecule has 0 aliphatic carbocycles. The number of aromatic hydroxyl groups is 1. The lowest BCUT2D eigenvalue weighted by Gasteiger charge is -2.34. The van der Waals surface area contributed by atoms with Crippen LogP contribution in [0.15, 0.2) is 53.0 Å². The van der Waals surface area contributed by atoms with Gasteiger partial charge >= 0.3 is 0 Å². The van der Waals surface area contributed by atoms with Gasteiger partial charge in [0.1, 0.15) is 5.75 Å². The largest absolute Gasteiger partial charge is 0.507 e. The molecule has 24 heavy (non-hydrogen) atoms. The van der Waals surface area contributed by atoms with Crippen molar-refractivity contribution in [1.82, 2.24) is 4.90 Å². The highest BCUT2D eigenvalue weighted by Crippen LogP contribution is 2.32. The zero-order valence-corrected chi connectivity index (χ0v) is 14.8. The number of phenols is 1. The molecule has 1 aliphatic rings. The summed E-state index contributed by atoms with van der Waals surface area (Å²) in [7, 11) is 0. The number of phenolic OH excluding ortho intramolecular Hbond substituents is 1. The summed E-state index contributed by atoms with van der Waals surface area (Å²) in [6, 6.07) is 14.5. The van der Waals surface area contributed by atoms with Gasteiger partial charge in [-0.25, -0.2) is 0 Å². The van der Waals surface area contributed by atoms with E-state index in [1.165, 1.54) is 6.07 Å². The zero-order chi connectivity index (χ0) is 17.1. The Bertz CT molecular complexity index is 712. The molecule has 2 N–H and O–H groups in total. The van der Waals surface area contributed by atoms with E-state index in [4.69, 9.17) is 0 Å². The molecule has 4 nitrogen and oxygen atoms in total. The number of nitrogens with zero attached hydrogens (tertiary/aromatic N) is 1. The lowest BCUT2D eigenvalue weighted by molar-refractivity contribution is 0.0460. The third kappa shape index (κ3) is 3.62. The molecule has 0 bridgehead atoms. The Morgan fingerprint density at radius 3 is 2.46 bits per heavy atom. The molecule has 3 rings (SSSR count). The number of halogens is 1. The number of carbonyl (C=O) groups excluding carboxylic acids is 1. The number of carbonyl (C=O) groups is 1. The molecule has 0 saturated carbocycles. The van der Waals surface area contributed by atoms with Gasteiger partial charge in [0.05, 0.1) is 11.7 Å². The molecule has 1 heterocycles. The van der Waals surface area contributed by atoms with Crippen LogP contribution in [0.1, 0.15) is 34.9 Å². The second-order valence-electron chi connectivity index (χ2n) is 6.15. The van der Waals surface area contributed by atoms with Gasteiger partial charge in [-0.2, -0.15) is 0 Å². The highest BCUT2D eigenvalue weighted by atomic mass is 79.9. The van der Waals surface area contributed by atoms with Gasteiger partial charge in [0.25, 0.3) is 5.91 Å². The normalized spacial score (nSPS) is 16.8. The number of aliphatic hydroxyl groups is 1. The highest BCUT2D eigenvalue weighted by molar-refractivity contribution is 9.10. The Morgan fingerprint density at radius 2 is 1.79 bits per heavy atom.